The summed E-state index contributed by atoms with van der Waals surface area (Å²) < 4.78 is 10.2. The number of carbonyl (C=O) groups is 3. The third kappa shape index (κ3) is 4.79. The first kappa shape index (κ1) is 16.5. The van der Waals surface area contributed by atoms with Crippen LogP contribution in [0.4, 0.5) is 9.59 Å². The normalized spacial score (nSPS) is 9.76. The highest BCUT2D eigenvalue weighted by atomic mass is 16.6. The molecule has 0 atom stereocenters. The zero-order chi connectivity index (χ0) is 16.2. The average Bonchev–Trinajstić information content (AvgIpc) is 2.37. The van der Waals surface area contributed by atoms with E-state index in [9.17, 15) is 14.4 Å². The van der Waals surface area contributed by atoms with Gasteiger partial charge in [0.15, 0.2) is 5.78 Å². The molecule has 0 aliphatic heterocycles. The van der Waals surface area contributed by atoms with E-state index in [0.29, 0.717) is 0 Å². The molecular formula is C14H18N2O5. The monoisotopic (exact) mass is 294 g/mol. The maximum atomic E-state index is 11.5. The molecule has 0 bridgehead atoms. The smallest absolute Gasteiger partial charge is 0.410 e. The first-order valence-corrected chi connectivity index (χ1v) is 6.15. The van der Waals surface area contributed by atoms with Crippen LogP contribution in [0.2, 0.25) is 0 Å². The van der Waals surface area contributed by atoms with Crippen LogP contribution in [0.5, 0.6) is 11.5 Å². The lowest BCUT2D eigenvalue weighted by Gasteiger charge is -2.14. The SMILES string of the molecule is CC(=O)c1cc(OC(=O)N(C)C)cc(OC(=O)N(C)C)c1. The van der Waals surface area contributed by atoms with Gasteiger partial charge in [-0.25, -0.2) is 9.59 Å². The van der Waals surface area contributed by atoms with E-state index in [1.165, 1.54) is 63.1 Å². The molecule has 0 aliphatic carbocycles. The Kier molecular flexibility index (Phi) is 5.29. The van der Waals surface area contributed by atoms with Crippen molar-refractivity contribution in [2.24, 2.45) is 0 Å². The van der Waals surface area contributed by atoms with Crippen molar-refractivity contribution in [1.29, 1.82) is 0 Å². The Hall–Kier alpha value is -2.57. The first-order valence-electron chi connectivity index (χ1n) is 6.15. The molecule has 0 N–H and O–H groups in total. The summed E-state index contributed by atoms with van der Waals surface area (Å²) in [6, 6.07) is 4.20. The van der Waals surface area contributed by atoms with Crippen molar-refractivity contribution in [2.45, 2.75) is 6.92 Å². The molecular weight excluding hydrogens is 276 g/mol. The number of amides is 2. The number of carbonyl (C=O) groups excluding carboxylic acids is 3. The minimum atomic E-state index is -0.597. The predicted octanol–water partition coefficient (Wildman–Crippen LogP) is 2.01. The lowest BCUT2D eigenvalue weighted by Crippen LogP contribution is -2.26. The van der Waals surface area contributed by atoms with Crippen LogP contribution < -0.4 is 9.47 Å². The van der Waals surface area contributed by atoms with Crippen molar-refractivity contribution >= 4 is 18.0 Å². The molecule has 21 heavy (non-hydrogen) atoms. The molecule has 0 fully saturated rings. The number of hydrogen-bond donors (Lipinski definition) is 0. The van der Waals surface area contributed by atoms with Crippen LogP contribution in [0, 0.1) is 0 Å². The maximum Gasteiger partial charge on any atom is 0.414 e. The van der Waals surface area contributed by atoms with Gasteiger partial charge in [-0.1, -0.05) is 0 Å². The van der Waals surface area contributed by atoms with E-state index in [1.807, 2.05) is 0 Å². The van der Waals surface area contributed by atoms with Gasteiger partial charge in [-0.05, 0) is 19.1 Å². The summed E-state index contributed by atoms with van der Waals surface area (Å²) in [5.41, 5.74) is 0.278. The molecule has 7 heteroatoms. The molecule has 0 radical (unpaired) electrons. The molecule has 1 aromatic rings. The maximum absolute atomic E-state index is 11.5. The number of nitrogens with zero attached hydrogens (tertiary/aromatic N) is 2. The van der Waals surface area contributed by atoms with Gasteiger partial charge in [0.25, 0.3) is 0 Å². The van der Waals surface area contributed by atoms with Crippen LogP contribution in [-0.2, 0) is 0 Å². The van der Waals surface area contributed by atoms with Crippen molar-refractivity contribution in [3.63, 3.8) is 0 Å². The molecule has 0 saturated heterocycles. The Morgan fingerprint density at radius 2 is 1.19 bits per heavy atom. The van der Waals surface area contributed by atoms with Crippen molar-refractivity contribution in [3.8, 4) is 11.5 Å². The fourth-order valence-corrected chi connectivity index (χ4v) is 1.28. The fraction of sp³-hybridized carbons (Fsp3) is 0.357. The molecule has 1 aromatic carbocycles. The van der Waals surface area contributed by atoms with E-state index in [0.717, 1.165) is 0 Å². The second-order valence-electron chi connectivity index (χ2n) is 4.77. The average molecular weight is 294 g/mol. The van der Waals surface area contributed by atoms with Crippen molar-refractivity contribution in [2.75, 3.05) is 28.2 Å². The molecule has 114 valence electrons. The quantitative estimate of drug-likeness (QED) is 0.797. The van der Waals surface area contributed by atoms with Gasteiger partial charge < -0.3 is 19.3 Å². The molecule has 0 aromatic heterocycles. The van der Waals surface area contributed by atoms with E-state index in [2.05, 4.69) is 0 Å². The molecule has 0 heterocycles. The van der Waals surface area contributed by atoms with E-state index < -0.39 is 12.2 Å². The van der Waals surface area contributed by atoms with E-state index in [4.69, 9.17) is 9.47 Å². The zero-order valence-electron chi connectivity index (χ0n) is 12.7. The second-order valence-corrected chi connectivity index (χ2v) is 4.77. The highest BCUT2D eigenvalue weighted by Gasteiger charge is 2.14. The van der Waals surface area contributed by atoms with Crippen LogP contribution in [0.15, 0.2) is 18.2 Å². The van der Waals surface area contributed by atoms with Gasteiger partial charge in [-0.3, -0.25) is 4.79 Å². The van der Waals surface area contributed by atoms with Crippen LogP contribution in [0.3, 0.4) is 0 Å². The largest absolute Gasteiger partial charge is 0.414 e. The van der Waals surface area contributed by atoms with Gasteiger partial charge in [0.1, 0.15) is 11.5 Å². The number of ketones is 1. The standard InChI is InChI=1S/C14H18N2O5/c1-9(17)10-6-11(20-13(18)15(2)3)8-12(7-10)21-14(19)16(4)5/h6-8H,1-5H3. The lowest BCUT2D eigenvalue weighted by atomic mass is 10.1. The predicted molar refractivity (Wildman–Crippen MR) is 75.9 cm³/mol. The zero-order valence-corrected chi connectivity index (χ0v) is 12.7. The fourth-order valence-electron chi connectivity index (χ4n) is 1.28. The van der Waals surface area contributed by atoms with Gasteiger partial charge >= 0.3 is 12.2 Å². The molecule has 1 rings (SSSR count). The van der Waals surface area contributed by atoms with Gasteiger partial charge in [-0.15, -0.1) is 0 Å². The number of benzene rings is 1. The lowest BCUT2D eigenvalue weighted by molar-refractivity contribution is 0.101. The van der Waals surface area contributed by atoms with Crippen LogP contribution in [0.25, 0.3) is 0 Å². The van der Waals surface area contributed by atoms with Crippen LogP contribution in [0.1, 0.15) is 17.3 Å². The van der Waals surface area contributed by atoms with Crippen LogP contribution in [-0.4, -0.2) is 56.0 Å². The Morgan fingerprint density at radius 1 is 0.810 bits per heavy atom. The van der Waals surface area contributed by atoms with Crippen LogP contribution >= 0.6 is 0 Å². The summed E-state index contributed by atoms with van der Waals surface area (Å²) >= 11 is 0. The Morgan fingerprint density at radius 3 is 1.48 bits per heavy atom. The van der Waals surface area contributed by atoms with Crippen molar-refractivity contribution in [3.05, 3.63) is 23.8 Å². The Balaban J connectivity index is 3.08. The summed E-state index contributed by atoms with van der Waals surface area (Å²) in [4.78, 5) is 37.0. The molecule has 7 nitrogen and oxygen atoms in total. The minimum Gasteiger partial charge on any atom is -0.410 e. The number of Topliss-reactive ketones (excluding diaryl/α,β-unsaturated/α-hetero) is 1. The molecule has 2 amide bonds. The third-order valence-corrected chi connectivity index (χ3v) is 2.43. The van der Waals surface area contributed by atoms with Gasteiger partial charge in [0.2, 0.25) is 0 Å². The summed E-state index contributed by atoms with van der Waals surface area (Å²) in [6.07, 6.45) is -1.19. The molecule has 0 unspecified atom stereocenters. The molecule has 0 spiro atoms. The van der Waals surface area contributed by atoms with Gasteiger partial charge in [-0.2, -0.15) is 0 Å². The second kappa shape index (κ2) is 6.74. The topological polar surface area (TPSA) is 76.1 Å². The number of rotatable bonds is 3. The summed E-state index contributed by atoms with van der Waals surface area (Å²) in [5, 5.41) is 0. The van der Waals surface area contributed by atoms with Gasteiger partial charge in [0.05, 0.1) is 0 Å². The van der Waals surface area contributed by atoms with Crippen molar-refractivity contribution in [1.82, 2.24) is 9.80 Å². The highest BCUT2D eigenvalue weighted by molar-refractivity contribution is 5.95. The molecule has 0 aliphatic rings. The van der Waals surface area contributed by atoms with E-state index >= 15 is 0 Å². The third-order valence-electron chi connectivity index (χ3n) is 2.43. The summed E-state index contributed by atoms with van der Waals surface area (Å²) in [7, 11) is 6.13. The van der Waals surface area contributed by atoms with E-state index in [-0.39, 0.29) is 22.8 Å². The summed E-state index contributed by atoms with van der Waals surface area (Å²) in [5.74, 6) is 0.0193. The van der Waals surface area contributed by atoms with Gasteiger partial charge in [0, 0.05) is 39.8 Å². The minimum absolute atomic E-state index is 0.128. The van der Waals surface area contributed by atoms with Crippen molar-refractivity contribution < 1.29 is 23.9 Å². The number of hydrogen-bond acceptors (Lipinski definition) is 5. The highest BCUT2D eigenvalue weighted by Crippen LogP contribution is 2.24. The van der Waals surface area contributed by atoms with E-state index in [1.54, 1.807) is 0 Å². The first-order chi connectivity index (χ1) is 9.70. The Bertz CT molecular complexity index is 526. The summed E-state index contributed by atoms with van der Waals surface area (Å²) in [6.45, 7) is 1.37. The number of ether oxygens (including phenoxy) is 2. The molecule has 0 saturated carbocycles. The Labute approximate surface area is 123 Å².